The highest BCUT2D eigenvalue weighted by atomic mass is 32.2. The number of hydrogen-bond donors (Lipinski definition) is 0. The lowest BCUT2D eigenvalue weighted by Crippen LogP contribution is -2.63. The maximum Gasteiger partial charge on any atom is 0.161 e. The third kappa shape index (κ3) is 2.11. The lowest BCUT2D eigenvalue weighted by atomic mass is 9.98. The van der Waals surface area contributed by atoms with Crippen molar-refractivity contribution in [3.63, 3.8) is 0 Å². The Morgan fingerprint density at radius 1 is 1.13 bits per heavy atom. The average molecular weight is 230 g/mol. The highest BCUT2D eigenvalue weighted by molar-refractivity contribution is 7.91. The second kappa shape index (κ2) is 3.91. The lowest BCUT2D eigenvalue weighted by Gasteiger charge is -2.48. The predicted octanol–water partition coefficient (Wildman–Crippen LogP) is 0.970. The molecule has 0 N–H and O–H groups in total. The topological polar surface area (TPSA) is 34.1 Å². The van der Waals surface area contributed by atoms with E-state index in [9.17, 15) is 8.42 Å². The Bertz CT molecular complexity index is 334. The monoisotopic (exact) mass is 230 g/mol. The Kier molecular flexibility index (Phi) is 2.90. The van der Waals surface area contributed by atoms with Gasteiger partial charge in [-0.15, -0.1) is 0 Å². The standard InChI is InChI=1S/C11H20NO2S/c1-2-11-5-3-4-6-12(11)7-9-15(13,14)10-8-12/h2,11H,1,3-10H2/q+1. The average Bonchev–Trinajstić information content (AvgIpc) is 2.24. The number of rotatable bonds is 1. The Morgan fingerprint density at radius 2 is 1.80 bits per heavy atom. The van der Waals surface area contributed by atoms with Gasteiger partial charge < -0.3 is 4.48 Å². The fraction of sp³-hybridized carbons (Fsp3) is 0.818. The van der Waals surface area contributed by atoms with Crippen LogP contribution in [0.15, 0.2) is 12.7 Å². The lowest BCUT2D eigenvalue weighted by molar-refractivity contribution is -0.946. The maximum atomic E-state index is 11.4. The Balaban J connectivity index is 2.15. The van der Waals surface area contributed by atoms with Gasteiger partial charge in [0, 0.05) is 6.42 Å². The Labute approximate surface area is 92.3 Å². The van der Waals surface area contributed by atoms with Crippen molar-refractivity contribution in [3.8, 4) is 0 Å². The van der Waals surface area contributed by atoms with Gasteiger partial charge in [-0.05, 0) is 18.9 Å². The summed E-state index contributed by atoms with van der Waals surface area (Å²) in [7, 11) is -2.74. The summed E-state index contributed by atoms with van der Waals surface area (Å²) in [5.41, 5.74) is 0. The molecule has 2 heterocycles. The molecule has 2 saturated heterocycles. The minimum Gasteiger partial charge on any atom is -0.316 e. The van der Waals surface area contributed by atoms with Gasteiger partial charge in [-0.2, -0.15) is 0 Å². The molecule has 3 nitrogen and oxygen atoms in total. The van der Waals surface area contributed by atoms with Crippen LogP contribution in [0.25, 0.3) is 0 Å². The molecule has 0 amide bonds. The zero-order valence-corrected chi connectivity index (χ0v) is 10.0. The molecule has 0 radical (unpaired) electrons. The largest absolute Gasteiger partial charge is 0.316 e. The van der Waals surface area contributed by atoms with Crippen LogP contribution in [0.2, 0.25) is 0 Å². The fourth-order valence-corrected chi connectivity index (χ4v) is 4.46. The second-order valence-corrected chi connectivity index (χ2v) is 7.14. The van der Waals surface area contributed by atoms with Crippen molar-refractivity contribution in [2.75, 3.05) is 31.1 Å². The first-order valence-electron chi connectivity index (χ1n) is 5.77. The van der Waals surface area contributed by atoms with E-state index in [0.717, 1.165) is 24.1 Å². The highest BCUT2D eigenvalue weighted by Gasteiger charge is 2.42. The molecule has 0 aromatic carbocycles. The van der Waals surface area contributed by atoms with Crippen LogP contribution in [0.4, 0.5) is 0 Å². The molecule has 2 aliphatic heterocycles. The molecule has 2 fully saturated rings. The van der Waals surface area contributed by atoms with Crippen LogP contribution < -0.4 is 0 Å². The van der Waals surface area contributed by atoms with E-state index in [1.165, 1.54) is 19.3 Å². The number of hydrogen-bond acceptors (Lipinski definition) is 2. The quantitative estimate of drug-likeness (QED) is 0.497. The van der Waals surface area contributed by atoms with Crippen LogP contribution in [-0.2, 0) is 9.84 Å². The van der Waals surface area contributed by atoms with Crippen molar-refractivity contribution in [3.05, 3.63) is 12.7 Å². The van der Waals surface area contributed by atoms with Crippen molar-refractivity contribution in [2.45, 2.75) is 25.3 Å². The van der Waals surface area contributed by atoms with Gasteiger partial charge in [0.1, 0.15) is 6.04 Å². The van der Waals surface area contributed by atoms with E-state index in [-0.39, 0.29) is 0 Å². The SMILES string of the molecule is C=CC1CCCC[N+]12CCS(=O)(=O)CC2. The van der Waals surface area contributed by atoms with Crippen LogP contribution >= 0.6 is 0 Å². The molecular weight excluding hydrogens is 210 g/mol. The minimum atomic E-state index is -2.74. The second-order valence-electron chi connectivity index (χ2n) is 4.84. The third-order valence-electron chi connectivity index (χ3n) is 4.02. The zero-order valence-electron chi connectivity index (χ0n) is 9.19. The van der Waals surface area contributed by atoms with Gasteiger partial charge in [0.05, 0.1) is 31.1 Å². The summed E-state index contributed by atoms with van der Waals surface area (Å²) < 4.78 is 23.9. The number of quaternary nitrogens is 1. The molecule has 0 aliphatic carbocycles. The summed E-state index contributed by atoms with van der Waals surface area (Å²) in [5.74, 6) is 0.745. The smallest absolute Gasteiger partial charge is 0.161 e. The molecule has 1 atom stereocenters. The molecule has 1 unspecified atom stereocenters. The van der Waals surface area contributed by atoms with Crippen LogP contribution in [0, 0.1) is 0 Å². The normalized spacial score (nSPS) is 33.7. The predicted molar refractivity (Wildman–Crippen MR) is 61.4 cm³/mol. The molecule has 2 aliphatic rings. The van der Waals surface area contributed by atoms with E-state index in [2.05, 4.69) is 6.58 Å². The van der Waals surface area contributed by atoms with Crippen LogP contribution in [0.5, 0.6) is 0 Å². The van der Waals surface area contributed by atoms with E-state index in [4.69, 9.17) is 0 Å². The van der Waals surface area contributed by atoms with E-state index in [1.54, 1.807) is 0 Å². The van der Waals surface area contributed by atoms with Gasteiger partial charge in [0.15, 0.2) is 9.84 Å². The number of piperidine rings is 1. The van der Waals surface area contributed by atoms with Gasteiger partial charge in [-0.1, -0.05) is 6.58 Å². The summed E-state index contributed by atoms with van der Waals surface area (Å²) in [5, 5.41) is 0. The molecule has 1 spiro atoms. The van der Waals surface area contributed by atoms with Crippen LogP contribution in [0.1, 0.15) is 19.3 Å². The minimum absolute atomic E-state index is 0.372. The Hall–Kier alpha value is -0.350. The maximum absolute atomic E-state index is 11.4. The summed E-state index contributed by atoms with van der Waals surface area (Å²) in [6.07, 6.45) is 5.73. The molecule has 0 aromatic heterocycles. The van der Waals surface area contributed by atoms with Crippen molar-refractivity contribution in [2.24, 2.45) is 0 Å². The molecular formula is C11H20NO2S+. The van der Waals surface area contributed by atoms with E-state index < -0.39 is 9.84 Å². The summed E-state index contributed by atoms with van der Waals surface area (Å²) >= 11 is 0. The van der Waals surface area contributed by atoms with Crippen molar-refractivity contribution >= 4 is 9.84 Å². The van der Waals surface area contributed by atoms with Crippen LogP contribution in [-0.4, -0.2) is 50.1 Å². The molecule has 2 rings (SSSR count). The summed E-state index contributed by atoms with van der Waals surface area (Å²) in [6.45, 7) is 6.66. The molecule has 0 bridgehead atoms. The summed E-state index contributed by atoms with van der Waals surface area (Å²) in [6, 6.07) is 0.495. The zero-order chi connectivity index (χ0) is 10.9. The molecule has 86 valence electrons. The summed E-state index contributed by atoms with van der Waals surface area (Å²) in [4.78, 5) is 0. The van der Waals surface area contributed by atoms with Crippen molar-refractivity contribution in [1.29, 1.82) is 0 Å². The molecule has 0 aromatic rings. The third-order valence-corrected chi connectivity index (χ3v) is 5.63. The van der Waals surface area contributed by atoms with Crippen molar-refractivity contribution in [1.82, 2.24) is 0 Å². The van der Waals surface area contributed by atoms with E-state index in [0.29, 0.717) is 17.5 Å². The highest BCUT2D eigenvalue weighted by Crippen LogP contribution is 2.29. The first-order chi connectivity index (χ1) is 7.08. The van der Waals surface area contributed by atoms with Gasteiger partial charge in [-0.25, -0.2) is 8.42 Å². The van der Waals surface area contributed by atoms with Gasteiger partial charge in [-0.3, -0.25) is 0 Å². The molecule has 15 heavy (non-hydrogen) atoms. The first-order valence-corrected chi connectivity index (χ1v) is 7.59. The molecule has 0 saturated carbocycles. The van der Waals surface area contributed by atoms with E-state index >= 15 is 0 Å². The van der Waals surface area contributed by atoms with Gasteiger partial charge >= 0.3 is 0 Å². The fourth-order valence-electron chi connectivity index (χ4n) is 2.97. The molecule has 4 heteroatoms. The van der Waals surface area contributed by atoms with Crippen LogP contribution in [0.3, 0.4) is 0 Å². The first kappa shape index (κ1) is 11.1. The van der Waals surface area contributed by atoms with Gasteiger partial charge in [0.2, 0.25) is 0 Å². The number of sulfone groups is 1. The Morgan fingerprint density at radius 3 is 2.40 bits per heavy atom. The van der Waals surface area contributed by atoms with Gasteiger partial charge in [0.25, 0.3) is 0 Å². The van der Waals surface area contributed by atoms with E-state index in [1.807, 2.05) is 6.08 Å². The number of nitrogens with zero attached hydrogens (tertiary/aromatic N) is 1. The van der Waals surface area contributed by atoms with Crippen molar-refractivity contribution < 1.29 is 12.9 Å².